The van der Waals surface area contributed by atoms with Crippen molar-refractivity contribution in [1.29, 1.82) is 0 Å². The third kappa shape index (κ3) is 11.4. The van der Waals surface area contributed by atoms with Crippen LogP contribution < -0.4 is 0 Å². The molecule has 26 heavy (non-hydrogen) atoms. The number of benzene rings is 1. The van der Waals surface area contributed by atoms with Gasteiger partial charge < -0.3 is 9.47 Å². The van der Waals surface area contributed by atoms with E-state index in [0.29, 0.717) is 32.3 Å². The molecule has 5 nitrogen and oxygen atoms in total. The molecule has 0 aliphatic heterocycles. The molecule has 144 valence electrons. The van der Waals surface area contributed by atoms with Crippen LogP contribution in [0.5, 0.6) is 0 Å². The van der Waals surface area contributed by atoms with Crippen molar-refractivity contribution in [2.24, 2.45) is 0 Å². The first kappa shape index (κ1) is 21.9. The lowest BCUT2D eigenvalue weighted by Gasteiger charge is -2.17. The molecule has 0 bridgehead atoms. The fourth-order valence-electron chi connectivity index (χ4n) is 2.76. The predicted molar refractivity (Wildman–Crippen MR) is 99.7 cm³/mol. The van der Waals surface area contributed by atoms with E-state index in [1.54, 1.807) is 0 Å². The predicted octanol–water partition coefficient (Wildman–Crippen LogP) is 4.02. The van der Waals surface area contributed by atoms with Crippen LogP contribution in [0.1, 0.15) is 64.4 Å². The molecule has 1 atom stereocenters. The van der Waals surface area contributed by atoms with Crippen LogP contribution in [-0.2, 0) is 30.3 Å². The molecule has 1 aromatic carbocycles. The molecule has 0 N–H and O–H groups in total. The molecule has 0 heterocycles. The van der Waals surface area contributed by atoms with Gasteiger partial charge in [-0.05, 0) is 44.1 Å². The van der Waals surface area contributed by atoms with E-state index in [4.69, 9.17) is 9.47 Å². The van der Waals surface area contributed by atoms with E-state index in [2.05, 4.69) is 12.1 Å². The smallest absolute Gasteiger partial charge is 0.302 e. The summed E-state index contributed by atoms with van der Waals surface area (Å²) in [5.74, 6) is -0.360. The van der Waals surface area contributed by atoms with Gasteiger partial charge in [-0.2, -0.15) is 0 Å². The second-order valence-corrected chi connectivity index (χ2v) is 6.48. The third-order valence-electron chi connectivity index (χ3n) is 4.07. The number of ether oxygens (including phenoxy) is 2. The highest BCUT2D eigenvalue weighted by Crippen LogP contribution is 2.14. The third-order valence-corrected chi connectivity index (χ3v) is 4.07. The highest BCUT2D eigenvalue weighted by Gasteiger charge is 2.13. The molecule has 0 aliphatic rings. The number of hydrogen-bond donors (Lipinski definition) is 0. The first-order chi connectivity index (χ1) is 12.5. The Kier molecular flexibility index (Phi) is 11.0. The Labute approximate surface area is 156 Å². The lowest BCUT2D eigenvalue weighted by atomic mass is 10.0. The molecule has 1 rings (SSSR count). The van der Waals surface area contributed by atoms with Gasteiger partial charge >= 0.3 is 11.9 Å². The zero-order chi connectivity index (χ0) is 19.2. The number of carbonyl (C=O) groups is 3. The van der Waals surface area contributed by atoms with Crippen LogP contribution in [0.4, 0.5) is 0 Å². The van der Waals surface area contributed by atoms with Crippen LogP contribution in [0.25, 0.3) is 0 Å². The zero-order valence-electron chi connectivity index (χ0n) is 15.9. The fourth-order valence-corrected chi connectivity index (χ4v) is 2.76. The van der Waals surface area contributed by atoms with E-state index in [1.807, 2.05) is 18.2 Å². The van der Waals surface area contributed by atoms with Crippen LogP contribution >= 0.6 is 0 Å². The Balaban J connectivity index is 2.22. The minimum absolute atomic E-state index is 0.149. The lowest BCUT2D eigenvalue weighted by molar-refractivity contribution is -0.147. The van der Waals surface area contributed by atoms with E-state index < -0.39 is 0 Å². The lowest BCUT2D eigenvalue weighted by Crippen LogP contribution is -2.17. The van der Waals surface area contributed by atoms with E-state index in [9.17, 15) is 14.4 Å². The van der Waals surface area contributed by atoms with Gasteiger partial charge in [0.1, 0.15) is 11.9 Å². The Bertz CT molecular complexity index is 553. The minimum Gasteiger partial charge on any atom is -0.466 e. The van der Waals surface area contributed by atoms with Crippen LogP contribution in [0.2, 0.25) is 0 Å². The Morgan fingerprint density at radius 2 is 1.58 bits per heavy atom. The van der Waals surface area contributed by atoms with Crippen molar-refractivity contribution in [3.63, 3.8) is 0 Å². The molecule has 1 aromatic rings. The quantitative estimate of drug-likeness (QED) is 0.391. The van der Waals surface area contributed by atoms with Crippen molar-refractivity contribution in [3.8, 4) is 0 Å². The van der Waals surface area contributed by atoms with Gasteiger partial charge in [-0.15, -0.1) is 0 Å². The van der Waals surface area contributed by atoms with Gasteiger partial charge in [0.25, 0.3) is 0 Å². The number of rotatable bonds is 13. The monoisotopic (exact) mass is 362 g/mol. The Morgan fingerprint density at radius 3 is 2.23 bits per heavy atom. The second kappa shape index (κ2) is 13.1. The summed E-state index contributed by atoms with van der Waals surface area (Å²) in [5.41, 5.74) is 1.22. The first-order valence-electron chi connectivity index (χ1n) is 9.33. The molecular formula is C21H30O5. The molecule has 0 amide bonds. The van der Waals surface area contributed by atoms with Gasteiger partial charge in [-0.25, -0.2) is 0 Å². The molecule has 1 unspecified atom stereocenters. The van der Waals surface area contributed by atoms with Crippen molar-refractivity contribution in [2.45, 2.75) is 71.3 Å². The van der Waals surface area contributed by atoms with Crippen LogP contribution in [-0.4, -0.2) is 30.4 Å². The van der Waals surface area contributed by atoms with Gasteiger partial charge in [-0.3, -0.25) is 14.4 Å². The Morgan fingerprint density at radius 1 is 0.885 bits per heavy atom. The average molecular weight is 362 g/mol. The summed E-state index contributed by atoms with van der Waals surface area (Å²) < 4.78 is 10.2. The molecule has 0 fully saturated rings. The Hall–Kier alpha value is -2.17. The van der Waals surface area contributed by atoms with Crippen molar-refractivity contribution < 1.29 is 23.9 Å². The minimum atomic E-state index is -0.289. The van der Waals surface area contributed by atoms with E-state index in [1.165, 1.54) is 19.4 Å². The molecule has 0 saturated carbocycles. The molecule has 0 aliphatic carbocycles. The van der Waals surface area contributed by atoms with Gasteiger partial charge in [0.15, 0.2) is 0 Å². The number of carbonyl (C=O) groups excluding carboxylic acids is 3. The largest absolute Gasteiger partial charge is 0.466 e. The van der Waals surface area contributed by atoms with Crippen molar-refractivity contribution in [2.75, 3.05) is 6.61 Å². The van der Waals surface area contributed by atoms with Gasteiger partial charge in [0, 0.05) is 26.7 Å². The van der Waals surface area contributed by atoms with Gasteiger partial charge in [0.2, 0.25) is 0 Å². The van der Waals surface area contributed by atoms with Crippen LogP contribution in [0.3, 0.4) is 0 Å². The maximum Gasteiger partial charge on any atom is 0.302 e. The van der Waals surface area contributed by atoms with Gasteiger partial charge in [-0.1, -0.05) is 30.3 Å². The summed E-state index contributed by atoms with van der Waals surface area (Å²) in [4.78, 5) is 33.8. The summed E-state index contributed by atoms with van der Waals surface area (Å²) in [5, 5.41) is 0. The van der Waals surface area contributed by atoms with Crippen LogP contribution in [0.15, 0.2) is 30.3 Å². The maximum absolute atomic E-state index is 11.9. The summed E-state index contributed by atoms with van der Waals surface area (Å²) in [6.07, 6.45) is 5.32. The van der Waals surface area contributed by atoms with E-state index in [0.717, 1.165) is 25.7 Å². The van der Waals surface area contributed by atoms with Gasteiger partial charge in [0.05, 0.1) is 6.61 Å². The molecule has 0 radical (unpaired) electrons. The van der Waals surface area contributed by atoms with Crippen molar-refractivity contribution in [3.05, 3.63) is 35.9 Å². The van der Waals surface area contributed by atoms with E-state index >= 15 is 0 Å². The molecule has 0 spiro atoms. The number of esters is 2. The first-order valence-corrected chi connectivity index (χ1v) is 9.33. The number of unbranched alkanes of at least 4 members (excludes halogenated alkanes) is 1. The summed E-state index contributed by atoms with van der Waals surface area (Å²) in [6.45, 7) is 3.17. The number of aryl methyl sites for hydroxylation is 1. The summed E-state index contributed by atoms with van der Waals surface area (Å²) in [7, 11) is 0. The zero-order valence-corrected chi connectivity index (χ0v) is 15.9. The second-order valence-electron chi connectivity index (χ2n) is 6.48. The number of Topliss-reactive ketones (excluding diaryl/α,β-unsaturated/α-hetero) is 1. The molecule has 5 heteroatoms. The summed E-state index contributed by atoms with van der Waals surface area (Å²) in [6, 6.07) is 10.1. The van der Waals surface area contributed by atoms with E-state index in [-0.39, 0.29) is 23.8 Å². The number of ketones is 1. The SMILES string of the molecule is CC(=O)OCCCCC(=O)CCCC(CCc1ccccc1)OC(C)=O. The normalized spacial score (nSPS) is 11.6. The van der Waals surface area contributed by atoms with Crippen LogP contribution in [0, 0.1) is 0 Å². The van der Waals surface area contributed by atoms with Crippen molar-refractivity contribution in [1.82, 2.24) is 0 Å². The maximum atomic E-state index is 11.9. The molecule has 0 saturated heterocycles. The number of hydrogen-bond acceptors (Lipinski definition) is 5. The fraction of sp³-hybridized carbons (Fsp3) is 0.571. The highest BCUT2D eigenvalue weighted by atomic mass is 16.5. The molecular weight excluding hydrogens is 332 g/mol. The van der Waals surface area contributed by atoms with Crippen molar-refractivity contribution >= 4 is 17.7 Å². The average Bonchev–Trinajstić information content (AvgIpc) is 2.59. The topological polar surface area (TPSA) is 69.7 Å². The molecule has 0 aromatic heterocycles. The summed E-state index contributed by atoms with van der Waals surface area (Å²) >= 11 is 0. The highest BCUT2D eigenvalue weighted by molar-refractivity contribution is 5.78. The standard InChI is InChI=1S/C21H30O5/c1-17(22)25-16-7-6-11-20(24)12-8-13-21(26-18(2)23)15-14-19-9-4-3-5-10-19/h3-5,9-10,21H,6-8,11-16H2,1-2H3.